The molecule has 41 heavy (non-hydrogen) atoms. The molecule has 11 nitrogen and oxygen atoms in total. The predicted molar refractivity (Wildman–Crippen MR) is 166 cm³/mol. The summed E-state index contributed by atoms with van der Waals surface area (Å²) in [7, 11) is 0.378. The maximum absolute atomic E-state index is 11.8. The number of hydrogen-bond acceptors (Lipinski definition) is 10. The first kappa shape index (κ1) is 29.2. The third-order valence-electron chi connectivity index (χ3n) is 7.54. The van der Waals surface area contributed by atoms with Crippen molar-refractivity contribution in [2.75, 3.05) is 79.9 Å². The molecule has 0 amide bonds. The Hall–Kier alpha value is -3.32. The number of methoxy groups -OCH3 is 1. The molecule has 5 rings (SSSR count). The fourth-order valence-corrected chi connectivity index (χ4v) is 6.04. The SMILES string of the molecule is COc1cc(N2CCN(C3CCN(C)CC3)CC2)ccc1Nc1ncc(Cl)c(Nc2ccccc2NS(C)(=O)=O)n1. The van der Waals surface area contributed by atoms with Gasteiger partial charge in [-0.15, -0.1) is 0 Å². The van der Waals surface area contributed by atoms with Crippen LogP contribution in [0.2, 0.25) is 5.02 Å². The number of halogens is 1. The van der Waals surface area contributed by atoms with Gasteiger partial charge < -0.3 is 25.2 Å². The van der Waals surface area contributed by atoms with Crippen molar-refractivity contribution in [1.29, 1.82) is 0 Å². The molecule has 3 aromatic rings. The standard InChI is InChI=1S/C28H37ClN8O3S/c1-35-12-10-20(11-13-35)36-14-16-37(17-15-36)21-8-9-25(26(18-21)40-2)32-28-30-19-22(29)27(33-28)31-23-6-4-5-7-24(23)34-41(3,38)39/h4-9,18-20,34H,10-17H2,1-3H3,(H2,30,31,32,33). The number of aromatic nitrogens is 2. The van der Waals surface area contributed by atoms with E-state index in [0.29, 0.717) is 40.6 Å². The molecule has 0 saturated carbocycles. The third-order valence-corrected chi connectivity index (χ3v) is 8.40. The molecule has 2 aliphatic rings. The highest BCUT2D eigenvalue weighted by Gasteiger charge is 2.27. The van der Waals surface area contributed by atoms with Gasteiger partial charge in [0.05, 0.1) is 36.6 Å². The zero-order valence-corrected chi connectivity index (χ0v) is 25.2. The first-order valence-corrected chi connectivity index (χ1v) is 15.9. The Balaban J connectivity index is 1.26. The highest BCUT2D eigenvalue weighted by Crippen LogP contribution is 2.34. The molecule has 220 valence electrons. The Kier molecular flexibility index (Phi) is 9.03. The molecule has 0 aliphatic carbocycles. The molecule has 0 unspecified atom stereocenters. The Labute approximate surface area is 246 Å². The van der Waals surface area contributed by atoms with E-state index in [1.54, 1.807) is 31.4 Å². The molecule has 3 heterocycles. The second-order valence-electron chi connectivity index (χ2n) is 10.5. The summed E-state index contributed by atoms with van der Waals surface area (Å²) < 4.78 is 31.8. The third kappa shape index (κ3) is 7.50. The number of para-hydroxylation sites is 2. The fraction of sp³-hybridized carbons (Fsp3) is 0.429. The van der Waals surface area contributed by atoms with Crippen molar-refractivity contribution in [3.63, 3.8) is 0 Å². The van der Waals surface area contributed by atoms with Crippen LogP contribution < -0.4 is 25.0 Å². The van der Waals surface area contributed by atoms with Crippen molar-refractivity contribution in [3.05, 3.63) is 53.7 Å². The smallest absolute Gasteiger partial charge is 0.229 e. The van der Waals surface area contributed by atoms with Crippen molar-refractivity contribution in [3.8, 4) is 5.75 Å². The minimum Gasteiger partial charge on any atom is -0.494 e. The molecule has 2 aromatic carbocycles. The minimum atomic E-state index is -3.47. The lowest BCUT2D eigenvalue weighted by Crippen LogP contribution is -2.53. The Morgan fingerprint density at radius 1 is 0.951 bits per heavy atom. The number of anilines is 6. The molecular formula is C28H37ClN8O3S. The number of piperazine rings is 1. The van der Waals surface area contributed by atoms with Gasteiger partial charge in [0.15, 0.2) is 5.82 Å². The highest BCUT2D eigenvalue weighted by molar-refractivity contribution is 7.92. The van der Waals surface area contributed by atoms with Crippen LogP contribution in [-0.2, 0) is 10.0 Å². The van der Waals surface area contributed by atoms with Gasteiger partial charge in [-0.1, -0.05) is 23.7 Å². The summed E-state index contributed by atoms with van der Waals surface area (Å²) >= 11 is 6.38. The van der Waals surface area contributed by atoms with E-state index in [2.05, 4.69) is 53.1 Å². The molecule has 0 radical (unpaired) electrons. The summed E-state index contributed by atoms with van der Waals surface area (Å²) in [6, 6.07) is 13.7. The molecule has 2 fully saturated rings. The lowest BCUT2D eigenvalue weighted by molar-refractivity contribution is 0.115. The van der Waals surface area contributed by atoms with E-state index in [1.165, 1.54) is 32.1 Å². The lowest BCUT2D eigenvalue weighted by atomic mass is 10.0. The van der Waals surface area contributed by atoms with Crippen molar-refractivity contribution in [2.24, 2.45) is 0 Å². The Morgan fingerprint density at radius 3 is 2.34 bits per heavy atom. The van der Waals surface area contributed by atoms with Crippen LogP contribution in [0.15, 0.2) is 48.7 Å². The number of benzene rings is 2. The van der Waals surface area contributed by atoms with Crippen LogP contribution >= 0.6 is 11.6 Å². The van der Waals surface area contributed by atoms with Crippen molar-refractivity contribution < 1.29 is 13.2 Å². The molecule has 2 aliphatic heterocycles. The van der Waals surface area contributed by atoms with Crippen LogP contribution in [0.5, 0.6) is 5.75 Å². The maximum atomic E-state index is 11.8. The molecule has 3 N–H and O–H groups in total. The quantitative estimate of drug-likeness (QED) is 0.330. The van der Waals surface area contributed by atoms with Crippen LogP contribution in [0, 0.1) is 0 Å². The van der Waals surface area contributed by atoms with E-state index in [0.717, 1.165) is 38.1 Å². The summed E-state index contributed by atoms with van der Waals surface area (Å²) in [5.41, 5.74) is 2.71. The number of piperidine rings is 1. The average Bonchev–Trinajstić information content (AvgIpc) is 2.96. The molecule has 2 saturated heterocycles. The van der Waals surface area contributed by atoms with Gasteiger partial charge in [0.1, 0.15) is 10.8 Å². The number of likely N-dealkylation sites (tertiary alicyclic amines) is 1. The van der Waals surface area contributed by atoms with E-state index in [9.17, 15) is 8.42 Å². The number of nitrogens with zero attached hydrogens (tertiary/aromatic N) is 5. The largest absolute Gasteiger partial charge is 0.494 e. The van der Waals surface area contributed by atoms with Crippen molar-refractivity contribution >= 4 is 56.1 Å². The van der Waals surface area contributed by atoms with Gasteiger partial charge in [-0.25, -0.2) is 13.4 Å². The monoisotopic (exact) mass is 600 g/mol. The van der Waals surface area contributed by atoms with Crippen LogP contribution in [0.25, 0.3) is 0 Å². The molecule has 1 aromatic heterocycles. The average molecular weight is 601 g/mol. The maximum Gasteiger partial charge on any atom is 0.229 e. The van der Waals surface area contributed by atoms with Gasteiger partial charge >= 0.3 is 0 Å². The zero-order valence-electron chi connectivity index (χ0n) is 23.6. The van der Waals surface area contributed by atoms with Crippen LogP contribution in [0.1, 0.15) is 12.8 Å². The van der Waals surface area contributed by atoms with E-state index >= 15 is 0 Å². The summed E-state index contributed by atoms with van der Waals surface area (Å²) in [6.45, 7) is 6.45. The number of hydrogen-bond donors (Lipinski definition) is 3. The Morgan fingerprint density at radius 2 is 1.66 bits per heavy atom. The first-order chi connectivity index (χ1) is 19.7. The van der Waals surface area contributed by atoms with Crippen LogP contribution in [0.3, 0.4) is 0 Å². The van der Waals surface area contributed by atoms with Gasteiger partial charge in [0.2, 0.25) is 16.0 Å². The fourth-order valence-electron chi connectivity index (χ4n) is 5.33. The molecule has 0 spiro atoms. The van der Waals surface area contributed by atoms with Gasteiger partial charge in [-0.3, -0.25) is 9.62 Å². The predicted octanol–water partition coefficient (Wildman–Crippen LogP) is 4.21. The second kappa shape index (κ2) is 12.7. The molecule has 0 atom stereocenters. The molecular weight excluding hydrogens is 564 g/mol. The van der Waals surface area contributed by atoms with E-state index in [-0.39, 0.29) is 5.02 Å². The number of sulfonamides is 1. The lowest BCUT2D eigenvalue weighted by Gasteiger charge is -2.43. The van der Waals surface area contributed by atoms with Gasteiger partial charge in [-0.2, -0.15) is 4.98 Å². The van der Waals surface area contributed by atoms with E-state index in [4.69, 9.17) is 16.3 Å². The second-order valence-corrected chi connectivity index (χ2v) is 12.7. The molecule has 13 heteroatoms. The summed E-state index contributed by atoms with van der Waals surface area (Å²) in [6.07, 6.45) is 5.08. The summed E-state index contributed by atoms with van der Waals surface area (Å²) in [5.74, 6) is 1.31. The topological polar surface area (TPSA) is 115 Å². The number of nitrogens with one attached hydrogen (secondary N) is 3. The van der Waals surface area contributed by atoms with E-state index < -0.39 is 10.0 Å². The molecule has 0 bridgehead atoms. The van der Waals surface area contributed by atoms with Crippen LogP contribution in [-0.4, -0.2) is 93.9 Å². The zero-order chi connectivity index (χ0) is 29.0. The van der Waals surface area contributed by atoms with Crippen LogP contribution in [0.4, 0.5) is 34.5 Å². The summed E-state index contributed by atoms with van der Waals surface area (Å²) in [4.78, 5) is 16.3. The van der Waals surface area contributed by atoms with Gasteiger partial charge in [0, 0.05) is 44.0 Å². The van der Waals surface area contributed by atoms with Gasteiger partial charge in [-0.05, 0) is 57.2 Å². The van der Waals surface area contributed by atoms with Crippen molar-refractivity contribution in [1.82, 2.24) is 19.8 Å². The highest BCUT2D eigenvalue weighted by atomic mass is 35.5. The Bertz CT molecular complexity index is 1460. The van der Waals surface area contributed by atoms with Crippen molar-refractivity contribution in [2.45, 2.75) is 18.9 Å². The normalized spacial score (nSPS) is 17.3. The number of ether oxygens (including phenoxy) is 1. The first-order valence-electron chi connectivity index (χ1n) is 13.7. The van der Waals surface area contributed by atoms with Gasteiger partial charge in [0.25, 0.3) is 0 Å². The number of rotatable bonds is 9. The minimum absolute atomic E-state index is 0.284. The summed E-state index contributed by atoms with van der Waals surface area (Å²) in [5, 5.41) is 6.61. The van der Waals surface area contributed by atoms with E-state index in [1.807, 2.05) is 12.1 Å².